The number of ether oxygens (including phenoxy) is 2. The van der Waals surface area contributed by atoms with Crippen LogP contribution in [0.2, 0.25) is 0 Å². The molecule has 0 aliphatic carbocycles. The molecular weight excluding hydrogens is 368 g/mol. The van der Waals surface area contributed by atoms with E-state index in [1.54, 1.807) is 17.0 Å². The number of hydrogen-bond acceptors (Lipinski definition) is 4. The molecule has 1 N–H and O–H groups in total. The molecule has 0 saturated carbocycles. The minimum Gasteiger partial charge on any atom is -0.494 e. The average molecular weight is 396 g/mol. The minimum absolute atomic E-state index is 0.00815. The highest BCUT2D eigenvalue weighted by atomic mass is 16.5. The molecule has 1 aliphatic heterocycles. The molecule has 0 radical (unpaired) electrons. The van der Waals surface area contributed by atoms with Gasteiger partial charge in [0.25, 0.3) is 11.8 Å². The molecule has 0 spiro atoms. The molecule has 2 amide bonds. The lowest BCUT2D eigenvalue weighted by molar-refractivity contribution is -0.134. The topological polar surface area (TPSA) is 67.9 Å². The third kappa shape index (κ3) is 5.73. The zero-order chi connectivity index (χ0) is 20.6. The number of carbonyl (C=O) groups is 2. The van der Waals surface area contributed by atoms with Crippen LogP contribution in [0, 0.1) is 6.92 Å². The molecule has 3 rings (SSSR count). The summed E-state index contributed by atoms with van der Waals surface area (Å²) >= 11 is 0. The quantitative estimate of drug-likeness (QED) is 0.780. The van der Waals surface area contributed by atoms with Gasteiger partial charge in [0.15, 0.2) is 6.61 Å². The van der Waals surface area contributed by atoms with Crippen molar-refractivity contribution in [2.24, 2.45) is 0 Å². The number of piperidine rings is 1. The molecule has 1 saturated heterocycles. The van der Waals surface area contributed by atoms with Crippen molar-refractivity contribution in [1.29, 1.82) is 0 Å². The molecule has 1 heterocycles. The first kappa shape index (κ1) is 20.7. The second-order valence-corrected chi connectivity index (χ2v) is 7.14. The van der Waals surface area contributed by atoms with Gasteiger partial charge < -0.3 is 19.7 Å². The van der Waals surface area contributed by atoms with E-state index in [0.29, 0.717) is 31.0 Å². The second-order valence-electron chi connectivity index (χ2n) is 7.14. The highest BCUT2D eigenvalue weighted by molar-refractivity contribution is 5.95. The average Bonchev–Trinajstić information content (AvgIpc) is 2.74. The number of likely N-dealkylation sites (tertiary alicyclic amines) is 1. The van der Waals surface area contributed by atoms with Crippen LogP contribution in [0.15, 0.2) is 48.5 Å². The van der Waals surface area contributed by atoms with Crippen LogP contribution < -0.4 is 14.8 Å². The first-order valence-electron chi connectivity index (χ1n) is 10.1. The molecule has 1 fully saturated rings. The maximum absolute atomic E-state index is 12.5. The number of rotatable bonds is 7. The lowest BCUT2D eigenvalue weighted by atomic mass is 10.0. The van der Waals surface area contributed by atoms with Crippen LogP contribution in [0.3, 0.4) is 0 Å². The Morgan fingerprint density at radius 3 is 2.24 bits per heavy atom. The Kier molecular flexibility index (Phi) is 7.11. The van der Waals surface area contributed by atoms with Crippen molar-refractivity contribution in [1.82, 2.24) is 10.2 Å². The summed E-state index contributed by atoms with van der Waals surface area (Å²) in [6, 6.07) is 14.9. The fourth-order valence-corrected chi connectivity index (χ4v) is 3.40. The molecule has 154 valence electrons. The number of nitrogens with zero attached hydrogens (tertiary/aromatic N) is 1. The van der Waals surface area contributed by atoms with Crippen LogP contribution in [0.4, 0.5) is 0 Å². The van der Waals surface area contributed by atoms with Gasteiger partial charge in [0, 0.05) is 24.7 Å². The smallest absolute Gasteiger partial charge is 0.260 e. The van der Waals surface area contributed by atoms with Gasteiger partial charge in [-0.1, -0.05) is 18.2 Å². The van der Waals surface area contributed by atoms with Gasteiger partial charge in [-0.25, -0.2) is 0 Å². The van der Waals surface area contributed by atoms with Crippen molar-refractivity contribution in [2.75, 3.05) is 26.3 Å². The summed E-state index contributed by atoms with van der Waals surface area (Å²) in [4.78, 5) is 26.7. The lowest BCUT2D eigenvalue weighted by Gasteiger charge is -2.32. The molecular formula is C23H28N2O4. The van der Waals surface area contributed by atoms with E-state index in [-0.39, 0.29) is 24.5 Å². The van der Waals surface area contributed by atoms with Crippen molar-refractivity contribution in [3.8, 4) is 11.5 Å². The Hall–Kier alpha value is -3.02. The molecule has 2 aromatic carbocycles. The van der Waals surface area contributed by atoms with Gasteiger partial charge in [0.05, 0.1) is 6.61 Å². The number of aryl methyl sites for hydroxylation is 1. The van der Waals surface area contributed by atoms with E-state index in [2.05, 4.69) is 5.32 Å². The first-order chi connectivity index (χ1) is 14.1. The van der Waals surface area contributed by atoms with Gasteiger partial charge in [0.1, 0.15) is 11.5 Å². The number of carbonyl (C=O) groups excluding carboxylic acids is 2. The normalized spacial score (nSPS) is 14.3. The zero-order valence-corrected chi connectivity index (χ0v) is 17.0. The van der Waals surface area contributed by atoms with Crippen LogP contribution in [-0.4, -0.2) is 49.1 Å². The number of benzene rings is 2. The van der Waals surface area contributed by atoms with Crippen LogP contribution in [0.5, 0.6) is 11.5 Å². The molecule has 0 bridgehead atoms. The van der Waals surface area contributed by atoms with Crippen LogP contribution in [0.25, 0.3) is 0 Å². The summed E-state index contributed by atoms with van der Waals surface area (Å²) in [6.45, 7) is 5.71. The molecule has 6 nitrogen and oxygen atoms in total. The molecule has 6 heteroatoms. The fraction of sp³-hybridized carbons (Fsp3) is 0.391. The summed E-state index contributed by atoms with van der Waals surface area (Å²) in [6.07, 6.45) is 1.48. The Labute approximate surface area is 171 Å². The Balaban J connectivity index is 1.42. The Morgan fingerprint density at radius 2 is 1.62 bits per heavy atom. The highest BCUT2D eigenvalue weighted by Crippen LogP contribution is 2.18. The molecule has 2 aromatic rings. The Bertz CT molecular complexity index is 827. The number of amides is 2. The van der Waals surface area contributed by atoms with Gasteiger partial charge >= 0.3 is 0 Å². The summed E-state index contributed by atoms with van der Waals surface area (Å²) in [7, 11) is 0. The maximum atomic E-state index is 12.5. The minimum atomic E-state index is -0.0493. The van der Waals surface area contributed by atoms with E-state index < -0.39 is 0 Å². The van der Waals surface area contributed by atoms with Gasteiger partial charge in [0.2, 0.25) is 0 Å². The second kappa shape index (κ2) is 9.96. The highest BCUT2D eigenvalue weighted by Gasteiger charge is 2.24. The van der Waals surface area contributed by atoms with E-state index in [1.807, 2.05) is 50.2 Å². The van der Waals surface area contributed by atoms with Gasteiger partial charge in [-0.15, -0.1) is 0 Å². The van der Waals surface area contributed by atoms with Crippen molar-refractivity contribution in [2.45, 2.75) is 32.7 Å². The number of nitrogens with one attached hydrogen (secondary N) is 1. The van der Waals surface area contributed by atoms with E-state index >= 15 is 0 Å². The zero-order valence-electron chi connectivity index (χ0n) is 17.0. The summed E-state index contributed by atoms with van der Waals surface area (Å²) in [5.41, 5.74) is 1.67. The predicted octanol–water partition coefficient (Wildman–Crippen LogP) is 3.19. The lowest BCUT2D eigenvalue weighted by Crippen LogP contribution is -2.47. The number of hydrogen-bond donors (Lipinski definition) is 1. The van der Waals surface area contributed by atoms with E-state index in [0.717, 1.165) is 24.2 Å². The van der Waals surface area contributed by atoms with Gasteiger partial charge in [-0.3, -0.25) is 9.59 Å². The summed E-state index contributed by atoms with van der Waals surface area (Å²) < 4.78 is 11.0. The standard InChI is InChI=1S/C23H28N2O4/c1-3-28-19-8-10-20(11-9-19)29-16-22(26)25-14-12-18(13-15-25)24-23(27)21-7-5-4-6-17(21)2/h4-11,18H,3,12-16H2,1-2H3,(H,24,27). The monoisotopic (exact) mass is 396 g/mol. The van der Waals surface area contributed by atoms with Gasteiger partial charge in [-0.05, 0) is 62.6 Å². The molecule has 0 atom stereocenters. The van der Waals surface area contributed by atoms with Crippen LogP contribution >= 0.6 is 0 Å². The molecule has 0 unspecified atom stereocenters. The van der Waals surface area contributed by atoms with E-state index in [9.17, 15) is 9.59 Å². The van der Waals surface area contributed by atoms with Gasteiger partial charge in [-0.2, -0.15) is 0 Å². The third-order valence-electron chi connectivity index (χ3n) is 5.07. The van der Waals surface area contributed by atoms with Crippen molar-refractivity contribution < 1.29 is 19.1 Å². The molecule has 29 heavy (non-hydrogen) atoms. The molecule has 1 aliphatic rings. The van der Waals surface area contributed by atoms with Crippen LogP contribution in [-0.2, 0) is 4.79 Å². The van der Waals surface area contributed by atoms with E-state index in [4.69, 9.17) is 9.47 Å². The van der Waals surface area contributed by atoms with Crippen LogP contribution in [0.1, 0.15) is 35.7 Å². The Morgan fingerprint density at radius 1 is 1.00 bits per heavy atom. The van der Waals surface area contributed by atoms with Crippen molar-refractivity contribution >= 4 is 11.8 Å². The fourth-order valence-electron chi connectivity index (χ4n) is 3.40. The first-order valence-corrected chi connectivity index (χ1v) is 10.1. The summed E-state index contributed by atoms with van der Waals surface area (Å²) in [5.74, 6) is 1.33. The SMILES string of the molecule is CCOc1ccc(OCC(=O)N2CCC(NC(=O)c3ccccc3C)CC2)cc1. The largest absolute Gasteiger partial charge is 0.494 e. The van der Waals surface area contributed by atoms with Crippen molar-refractivity contribution in [3.05, 3.63) is 59.7 Å². The summed E-state index contributed by atoms with van der Waals surface area (Å²) in [5, 5.41) is 3.09. The maximum Gasteiger partial charge on any atom is 0.260 e. The van der Waals surface area contributed by atoms with E-state index in [1.165, 1.54) is 0 Å². The van der Waals surface area contributed by atoms with Crippen molar-refractivity contribution in [3.63, 3.8) is 0 Å². The predicted molar refractivity (Wildman–Crippen MR) is 111 cm³/mol. The molecule has 0 aromatic heterocycles. The third-order valence-corrected chi connectivity index (χ3v) is 5.07.